The van der Waals surface area contributed by atoms with E-state index in [0.29, 0.717) is 0 Å². The van der Waals surface area contributed by atoms with E-state index >= 15 is 0 Å². The van der Waals surface area contributed by atoms with Crippen molar-refractivity contribution >= 4 is 17.3 Å². The van der Waals surface area contributed by atoms with E-state index in [1.807, 2.05) is 12.1 Å². The van der Waals surface area contributed by atoms with Crippen molar-refractivity contribution in [3.63, 3.8) is 0 Å². The fourth-order valence-electron chi connectivity index (χ4n) is 2.87. The second-order valence-electron chi connectivity index (χ2n) is 5.85. The summed E-state index contributed by atoms with van der Waals surface area (Å²) < 4.78 is 0. The maximum Gasteiger partial charge on any atom is 0.308 e. The molecule has 0 aliphatic carbocycles. The van der Waals surface area contributed by atoms with Crippen LogP contribution in [0, 0.1) is 0 Å². The number of rotatable bonds is 8. The van der Waals surface area contributed by atoms with Crippen LogP contribution in [-0.4, -0.2) is 41.7 Å². The van der Waals surface area contributed by atoms with Crippen molar-refractivity contribution in [3.8, 4) is 0 Å². The van der Waals surface area contributed by atoms with Gasteiger partial charge in [-0.1, -0.05) is 6.42 Å². The molecule has 21 heavy (non-hydrogen) atoms. The predicted octanol–water partition coefficient (Wildman–Crippen LogP) is 2.73. The third-order valence-electron chi connectivity index (χ3n) is 4.08. The lowest BCUT2D eigenvalue weighted by molar-refractivity contribution is -0.136. The van der Waals surface area contributed by atoms with E-state index < -0.39 is 5.97 Å². The quantitative estimate of drug-likeness (QED) is 0.725. The molecule has 2 rings (SSSR count). The van der Waals surface area contributed by atoms with Crippen molar-refractivity contribution < 1.29 is 9.90 Å². The van der Waals surface area contributed by atoms with Crippen LogP contribution in [0.25, 0.3) is 0 Å². The van der Waals surface area contributed by atoms with Crippen LogP contribution in [0.4, 0.5) is 0 Å². The first kappa shape index (κ1) is 16.5. The molecule has 0 radical (unpaired) electrons. The second-order valence-corrected chi connectivity index (χ2v) is 7.10. The molecule has 5 heteroatoms. The first-order chi connectivity index (χ1) is 10.1. The SMILES string of the molecule is CC1CCCCN1CCCNCc1ccc(CC(=O)O)s1. The average molecular weight is 310 g/mol. The molecule has 0 amide bonds. The van der Waals surface area contributed by atoms with Gasteiger partial charge < -0.3 is 15.3 Å². The van der Waals surface area contributed by atoms with Gasteiger partial charge in [0.25, 0.3) is 0 Å². The zero-order valence-corrected chi connectivity index (χ0v) is 13.6. The molecule has 0 bridgehead atoms. The van der Waals surface area contributed by atoms with Crippen LogP contribution >= 0.6 is 11.3 Å². The highest BCUT2D eigenvalue weighted by Gasteiger charge is 2.16. The Hall–Kier alpha value is -0.910. The average Bonchev–Trinajstić information content (AvgIpc) is 2.87. The lowest BCUT2D eigenvalue weighted by Crippen LogP contribution is -2.38. The van der Waals surface area contributed by atoms with E-state index in [1.54, 1.807) is 11.3 Å². The van der Waals surface area contributed by atoms with Crippen molar-refractivity contribution in [2.75, 3.05) is 19.6 Å². The number of aliphatic carboxylic acids is 1. The number of nitrogens with zero attached hydrogens (tertiary/aromatic N) is 1. The normalized spacial score (nSPS) is 19.8. The Bertz CT molecular complexity index is 447. The third-order valence-corrected chi connectivity index (χ3v) is 5.17. The lowest BCUT2D eigenvalue weighted by Gasteiger charge is -2.33. The maximum absolute atomic E-state index is 10.6. The molecule has 1 aliphatic rings. The number of nitrogens with one attached hydrogen (secondary N) is 1. The topological polar surface area (TPSA) is 52.6 Å². The van der Waals surface area contributed by atoms with Crippen LogP contribution in [-0.2, 0) is 17.8 Å². The summed E-state index contributed by atoms with van der Waals surface area (Å²) in [6, 6.07) is 4.70. The molecular weight excluding hydrogens is 284 g/mol. The number of carbonyl (C=O) groups is 1. The summed E-state index contributed by atoms with van der Waals surface area (Å²) in [5, 5.41) is 12.2. The molecule has 1 atom stereocenters. The van der Waals surface area contributed by atoms with E-state index in [0.717, 1.165) is 24.0 Å². The fraction of sp³-hybridized carbons (Fsp3) is 0.688. The van der Waals surface area contributed by atoms with Crippen molar-refractivity contribution in [1.82, 2.24) is 10.2 Å². The number of piperidine rings is 1. The molecule has 118 valence electrons. The lowest BCUT2D eigenvalue weighted by atomic mass is 10.0. The predicted molar refractivity (Wildman–Crippen MR) is 86.9 cm³/mol. The largest absolute Gasteiger partial charge is 0.481 e. The first-order valence-electron chi connectivity index (χ1n) is 7.89. The Balaban J connectivity index is 1.59. The van der Waals surface area contributed by atoms with E-state index in [-0.39, 0.29) is 6.42 Å². The summed E-state index contributed by atoms with van der Waals surface area (Å²) >= 11 is 1.59. The standard InChI is InChI=1S/C16H26N2O2S/c1-13-5-2-3-9-18(13)10-4-8-17-12-15-7-6-14(21-15)11-16(19)20/h6-7,13,17H,2-5,8-12H2,1H3,(H,19,20). The zero-order chi connectivity index (χ0) is 15.1. The zero-order valence-electron chi connectivity index (χ0n) is 12.8. The summed E-state index contributed by atoms with van der Waals surface area (Å²) in [4.78, 5) is 15.4. The highest BCUT2D eigenvalue weighted by Crippen LogP contribution is 2.17. The van der Waals surface area contributed by atoms with E-state index in [4.69, 9.17) is 5.11 Å². The molecule has 1 unspecified atom stereocenters. The smallest absolute Gasteiger partial charge is 0.308 e. The maximum atomic E-state index is 10.6. The first-order valence-corrected chi connectivity index (χ1v) is 8.71. The van der Waals surface area contributed by atoms with Gasteiger partial charge in [-0.25, -0.2) is 0 Å². The van der Waals surface area contributed by atoms with Crippen molar-refractivity contribution in [2.45, 2.75) is 51.6 Å². The number of hydrogen-bond acceptors (Lipinski definition) is 4. The number of thiophene rings is 1. The number of likely N-dealkylation sites (tertiary alicyclic amines) is 1. The van der Waals surface area contributed by atoms with Gasteiger partial charge in [-0.3, -0.25) is 4.79 Å². The van der Waals surface area contributed by atoms with Gasteiger partial charge in [0.15, 0.2) is 0 Å². The Morgan fingerprint density at radius 3 is 3.00 bits per heavy atom. The van der Waals surface area contributed by atoms with Gasteiger partial charge in [0, 0.05) is 22.3 Å². The third kappa shape index (κ3) is 5.77. The summed E-state index contributed by atoms with van der Waals surface area (Å²) in [7, 11) is 0. The molecule has 2 heterocycles. The fourth-order valence-corrected chi connectivity index (χ4v) is 3.85. The van der Waals surface area contributed by atoms with Gasteiger partial charge in [0.1, 0.15) is 0 Å². The van der Waals surface area contributed by atoms with Crippen LogP contribution in [0.2, 0.25) is 0 Å². The highest BCUT2D eigenvalue weighted by atomic mass is 32.1. The van der Waals surface area contributed by atoms with Crippen molar-refractivity contribution in [1.29, 1.82) is 0 Å². The number of hydrogen-bond donors (Lipinski definition) is 2. The molecule has 0 saturated carbocycles. The summed E-state index contributed by atoms with van der Waals surface area (Å²) in [6.07, 6.45) is 5.39. The second kappa shape index (κ2) is 8.51. The van der Waals surface area contributed by atoms with E-state index in [1.165, 1.54) is 43.6 Å². The monoisotopic (exact) mass is 310 g/mol. The summed E-state index contributed by atoms with van der Waals surface area (Å²) in [5.41, 5.74) is 0. The molecule has 1 aliphatic heterocycles. The number of carboxylic acid groups (broad SMARTS) is 1. The van der Waals surface area contributed by atoms with Crippen LogP contribution < -0.4 is 5.32 Å². The minimum Gasteiger partial charge on any atom is -0.481 e. The number of carboxylic acids is 1. The summed E-state index contributed by atoms with van der Waals surface area (Å²) in [6.45, 7) is 6.64. The molecule has 2 N–H and O–H groups in total. The van der Waals surface area contributed by atoms with Gasteiger partial charge in [-0.05, 0) is 58.0 Å². The molecule has 1 aromatic rings. The van der Waals surface area contributed by atoms with Gasteiger partial charge in [-0.2, -0.15) is 0 Å². The Labute approximate surface area is 131 Å². The highest BCUT2D eigenvalue weighted by molar-refractivity contribution is 7.12. The Morgan fingerprint density at radius 2 is 2.24 bits per heavy atom. The molecule has 1 fully saturated rings. The van der Waals surface area contributed by atoms with E-state index in [9.17, 15) is 4.79 Å². The molecule has 4 nitrogen and oxygen atoms in total. The molecule has 0 aromatic carbocycles. The van der Waals surface area contributed by atoms with Gasteiger partial charge >= 0.3 is 5.97 Å². The molecule has 1 saturated heterocycles. The van der Waals surface area contributed by atoms with Crippen LogP contribution in [0.5, 0.6) is 0 Å². The molecular formula is C16H26N2O2S. The molecule has 1 aromatic heterocycles. The van der Waals surface area contributed by atoms with Gasteiger partial charge in [0.2, 0.25) is 0 Å². The van der Waals surface area contributed by atoms with Crippen LogP contribution in [0.1, 0.15) is 42.4 Å². The van der Waals surface area contributed by atoms with Crippen molar-refractivity contribution in [2.24, 2.45) is 0 Å². The molecule has 0 spiro atoms. The van der Waals surface area contributed by atoms with E-state index in [2.05, 4.69) is 17.1 Å². The van der Waals surface area contributed by atoms with Crippen LogP contribution in [0.15, 0.2) is 12.1 Å². The Kier molecular flexibility index (Phi) is 6.67. The Morgan fingerprint density at radius 1 is 1.43 bits per heavy atom. The summed E-state index contributed by atoms with van der Waals surface area (Å²) in [5.74, 6) is -0.757. The van der Waals surface area contributed by atoms with Gasteiger partial charge in [-0.15, -0.1) is 11.3 Å². The van der Waals surface area contributed by atoms with Crippen molar-refractivity contribution in [3.05, 3.63) is 21.9 Å². The van der Waals surface area contributed by atoms with Crippen LogP contribution in [0.3, 0.4) is 0 Å². The van der Waals surface area contributed by atoms with Gasteiger partial charge in [0.05, 0.1) is 6.42 Å². The minimum absolute atomic E-state index is 0.136. The minimum atomic E-state index is -0.757.